The molecule has 0 aliphatic carbocycles. The molecule has 0 bridgehead atoms. The quantitative estimate of drug-likeness (QED) is 0.870. The van der Waals surface area contributed by atoms with Gasteiger partial charge < -0.3 is 4.90 Å². The van der Waals surface area contributed by atoms with E-state index in [0.29, 0.717) is 12.3 Å². The number of hydrogen-bond acceptors (Lipinski definition) is 4. The van der Waals surface area contributed by atoms with E-state index in [1.807, 2.05) is 30.2 Å². The van der Waals surface area contributed by atoms with Gasteiger partial charge in [0.2, 0.25) is 5.91 Å². The summed E-state index contributed by atoms with van der Waals surface area (Å²) in [5, 5.41) is 3.28. The molecule has 2 aromatic rings. The van der Waals surface area contributed by atoms with Crippen LogP contribution in [0.1, 0.15) is 41.4 Å². The number of aromatic nitrogens is 2. The van der Waals surface area contributed by atoms with Gasteiger partial charge in [-0.25, -0.2) is 4.98 Å². The van der Waals surface area contributed by atoms with Crippen LogP contribution in [0.3, 0.4) is 0 Å². The molecule has 2 aromatic heterocycles. The fraction of sp³-hybridized carbons (Fsp3) is 0.471. The van der Waals surface area contributed by atoms with E-state index in [9.17, 15) is 4.79 Å². The summed E-state index contributed by atoms with van der Waals surface area (Å²) in [6, 6.07) is 3.94. The molecule has 3 rings (SSSR count). The van der Waals surface area contributed by atoms with Crippen LogP contribution in [0.5, 0.6) is 0 Å². The number of rotatable bonds is 4. The highest BCUT2D eigenvalue weighted by atomic mass is 32.1. The predicted octanol–water partition coefficient (Wildman–Crippen LogP) is 3.19. The monoisotopic (exact) mass is 315 g/mol. The van der Waals surface area contributed by atoms with Crippen molar-refractivity contribution in [1.82, 2.24) is 14.9 Å². The minimum Gasteiger partial charge on any atom is -0.342 e. The molecular formula is C17H21N3OS. The smallest absolute Gasteiger partial charge is 0.222 e. The van der Waals surface area contributed by atoms with Gasteiger partial charge in [-0.15, -0.1) is 11.3 Å². The molecule has 1 aliphatic rings. The van der Waals surface area contributed by atoms with Crippen LogP contribution >= 0.6 is 11.3 Å². The molecule has 0 aromatic carbocycles. The molecule has 22 heavy (non-hydrogen) atoms. The zero-order valence-corrected chi connectivity index (χ0v) is 13.7. The number of amides is 1. The molecule has 0 saturated carbocycles. The van der Waals surface area contributed by atoms with E-state index in [-0.39, 0.29) is 5.91 Å². The van der Waals surface area contributed by atoms with Crippen LogP contribution in [0, 0.1) is 6.92 Å². The molecule has 4 nitrogen and oxygen atoms in total. The summed E-state index contributed by atoms with van der Waals surface area (Å²) >= 11 is 1.72. The number of pyridine rings is 1. The van der Waals surface area contributed by atoms with E-state index >= 15 is 0 Å². The van der Waals surface area contributed by atoms with Crippen molar-refractivity contribution in [3.05, 3.63) is 46.2 Å². The maximum absolute atomic E-state index is 12.4. The third-order valence-electron chi connectivity index (χ3n) is 4.11. The van der Waals surface area contributed by atoms with Gasteiger partial charge in [-0.2, -0.15) is 0 Å². The third-order valence-corrected chi connectivity index (χ3v) is 5.24. The van der Waals surface area contributed by atoms with Gasteiger partial charge in [0.1, 0.15) is 0 Å². The van der Waals surface area contributed by atoms with Crippen molar-refractivity contribution in [2.45, 2.75) is 38.5 Å². The number of carbonyl (C=O) groups is 1. The van der Waals surface area contributed by atoms with E-state index in [4.69, 9.17) is 0 Å². The van der Waals surface area contributed by atoms with Crippen LogP contribution < -0.4 is 0 Å². The topological polar surface area (TPSA) is 46.1 Å². The molecule has 0 radical (unpaired) electrons. The van der Waals surface area contributed by atoms with Crippen LogP contribution in [-0.4, -0.2) is 33.9 Å². The second-order valence-corrected chi connectivity index (χ2v) is 6.76. The van der Waals surface area contributed by atoms with Crippen molar-refractivity contribution in [3.63, 3.8) is 0 Å². The fourth-order valence-corrected chi connectivity index (χ4v) is 3.85. The molecule has 0 unspecified atom stereocenters. The van der Waals surface area contributed by atoms with Crippen LogP contribution in [0.15, 0.2) is 29.9 Å². The maximum atomic E-state index is 12.4. The van der Waals surface area contributed by atoms with Gasteiger partial charge in [0.25, 0.3) is 0 Å². The van der Waals surface area contributed by atoms with Gasteiger partial charge in [-0.3, -0.25) is 9.78 Å². The largest absolute Gasteiger partial charge is 0.342 e. The van der Waals surface area contributed by atoms with Crippen molar-refractivity contribution in [2.24, 2.45) is 0 Å². The van der Waals surface area contributed by atoms with Crippen molar-refractivity contribution >= 4 is 17.2 Å². The summed E-state index contributed by atoms with van der Waals surface area (Å²) in [7, 11) is 0. The van der Waals surface area contributed by atoms with Crippen molar-refractivity contribution in [2.75, 3.05) is 13.1 Å². The Morgan fingerprint density at radius 2 is 2.41 bits per heavy atom. The van der Waals surface area contributed by atoms with E-state index in [2.05, 4.69) is 15.3 Å². The summed E-state index contributed by atoms with van der Waals surface area (Å²) < 4.78 is 0. The lowest BCUT2D eigenvalue weighted by atomic mass is 9.98. The number of thiazole rings is 1. The van der Waals surface area contributed by atoms with Crippen molar-refractivity contribution < 1.29 is 4.79 Å². The van der Waals surface area contributed by atoms with E-state index < -0.39 is 0 Å². The minimum atomic E-state index is 0.252. The van der Waals surface area contributed by atoms with Gasteiger partial charge >= 0.3 is 0 Å². The van der Waals surface area contributed by atoms with E-state index in [0.717, 1.165) is 43.6 Å². The molecule has 1 fully saturated rings. The Hall–Kier alpha value is -1.75. The Morgan fingerprint density at radius 3 is 3.14 bits per heavy atom. The van der Waals surface area contributed by atoms with Gasteiger partial charge in [-0.05, 0) is 37.8 Å². The SMILES string of the molecule is Cc1csc([C@H]2CCCN(C(=O)CCc3cccnc3)C2)n1. The zero-order valence-electron chi connectivity index (χ0n) is 12.9. The highest BCUT2D eigenvalue weighted by Gasteiger charge is 2.26. The van der Waals surface area contributed by atoms with Gasteiger partial charge in [-0.1, -0.05) is 6.07 Å². The summed E-state index contributed by atoms with van der Waals surface area (Å²) in [4.78, 5) is 23.1. The van der Waals surface area contributed by atoms with Crippen LogP contribution in [0.4, 0.5) is 0 Å². The standard InChI is InChI=1S/C17H21N3OS/c1-13-12-22-17(19-13)15-5-3-9-20(11-15)16(21)7-6-14-4-2-8-18-10-14/h2,4,8,10,12,15H,3,5-7,9,11H2,1H3/t15-/m0/s1. The molecule has 0 spiro atoms. The number of carbonyl (C=O) groups excluding carboxylic acids is 1. The minimum absolute atomic E-state index is 0.252. The second kappa shape index (κ2) is 7.01. The summed E-state index contributed by atoms with van der Waals surface area (Å²) in [5.74, 6) is 0.664. The Kier molecular flexibility index (Phi) is 4.83. The molecule has 3 heterocycles. The maximum Gasteiger partial charge on any atom is 0.222 e. The lowest BCUT2D eigenvalue weighted by molar-refractivity contribution is -0.132. The van der Waals surface area contributed by atoms with E-state index in [1.165, 1.54) is 5.01 Å². The normalized spacial score (nSPS) is 18.4. The lowest BCUT2D eigenvalue weighted by Gasteiger charge is -2.32. The highest BCUT2D eigenvalue weighted by Crippen LogP contribution is 2.29. The molecule has 0 N–H and O–H groups in total. The van der Waals surface area contributed by atoms with Gasteiger partial charge in [0.15, 0.2) is 0 Å². The average molecular weight is 315 g/mol. The Balaban J connectivity index is 1.56. The Morgan fingerprint density at radius 1 is 1.50 bits per heavy atom. The first-order valence-electron chi connectivity index (χ1n) is 7.81. The number of piperidine rings is 1. The number of nitrogens with zero attached hydrogens (tertiary/aromatic N) is 3. The summed E-state index contributed by atoms with van der Waals surface area (Å²) in [6.45, 7) is 3.73. The fourth-order valence-electron chi connectivity index (χ4n) is 2.92. The van der Waals surface area contributed by atoms with Gasteiger partial charge in [0, 0.05) is 48.9 Å². The third kappa shape index (κ3) is 3.71. The van der Waals surface area contributed by atoms with Crippen LogP contribution in [-0.2, 0) is 11.2 Å². The second-order valence-electron chi connectivity index (χ2n) is 5.87. The average Bonchev–Trinajstić information content (AvgIpc) is 3.00. The molecule has 1 amide bonds. The first kappa shape index (κ1) is 15.2. The number of likely N-dealkylation sites (tertiary alicyclic amines) is 1. The van der Waals surface area contributed by atoms with Crippen molar-refractivity contribution in [1.29, 1.82) is 0 Å². The summed E-state index contributed by atoms with van der Waals surface area (Å²) in [5.41, 5.74) is 2.21. The molecule has 1 aliphatic heterocycles. The molecule has 116 valence electrons. The molecule has 1 atom stereocenters. The summed E-state index contributed by atoms with van der Waals surface area (Å²) in [6.07, 6.45) is 7.14. The first-order valence-corrected chi connectivity index (χ1v) is 8.69. The zero-order chi connectivity index (χ0) is 15.4. The highest BCUT2D eigenvalue weighted by molar-refractivity contribution is 7.09. The molecule has 5 heteroatoms. The van der Waals surface area contributed by atoms with Crippen molar-refractivity contribution in [3.8, 4) is 0 Å². The lowest BCUT2D eigenvalue weighted by Crippen LogP contribution is -2.39. The number of hydrogen-bond donors (Lipinski definition) is 0. The van der Waals surface area contributed by atoms with E-state index in [1.54, 1.807) is 17.5 Å². The molecular weight excluding hydrogens is 294 g/mol. The Labute approximate surface area is 135 Å². The molecule has 1 saturated heterocycles. The first-order chi connectivity index (χ1) is 10.7. The van der Waals surface area contributed by atoms with Crippen LogP contribution in [0.25, 0.3) is 0 Å². The van der Waals surface area contributed by atoms with Crippen LogP contribution in [0.2, 0.25) is 0 Å². The van der Waals surface area contributed by atoms with Gasteiger partial charge in [0.05, 0.1) is 5.01 Å². The number of aryl methyl sites for hydroxylation is 2. The predicted molar refractivity (Wildman–Crippen MR) is 88.0 cm³/mol. The Bertz CT molecular complexity index is 626.